The molecule has 37 heavy (non-hydrogen) atoms. The van der Waals surface area contributed by atoms with Crippen LogP contribution in [-0.2, 0) is 14.3 Å². The first-order chi connectivity index (χ1) is 17.9. The lowest BCUT2D eigenvalue weighted by Crippen LogP contribution is -2.44. The molecule has 0 spiro atoms. The van der Waals surface area contributed by atoms with E-state index < -0.39 is 4.92 Å². The van der Waals surface area contributed by atoms with E-state index in [2.05, 4.69) is 5.10 Å². The van der Waals surface area contributed by atoms with Crippen LogP contribution in [0.5, 0.6) is 5.75 Å². The zero-order chi connectivity index (χ0) is 26.4. The zero-order valence-corrected chi connectivity index (χ0v) is 21.2. The Balaban J connectivity index is 1.60. The van der Waals surface area contributed by atoms with Gasteiger partial charge in [0.05, 0.1) is 30.4 Å². The van der Waals surface area contributed by atoms with Crippen LogP contribution in [0.3, 0.4) is 0 Å². The van der Waals surface area contributed by atoms with Gasteiger partial charge in [-0.15, -0.1) is 0 Å². The molecule has 0 aromatic heterocycles. The van der Waals surface area contributed by atoms with Gasteiger partial charge in [-0.2, -0.15) is 5.10 Å². The number of nitrogens with zero attached hydrogens (tertiary/aromatic N) is 4. The zero-order valence-electron chi connectivity index (χ0n) is 21.2. The van der Waals surface area contributed by atoms with Crippen molar-refractivity contribution >= 4 is 23.2 Å². The molecule has 10 nitrogen and oxygen atoms in total. The summed E-state index contributed by atoms with van der Waals surface area (Å²) in [5, 5.41) is 17.2. The molecule has 0 N–H and O–H groups in total. The predicted molar refractivity (Wildman–Crippen MR) is 137 cm³/mol. The van der Waals surface area contributed by atoms with Crippen LogP contribution in [0.4, 0.5) is 5.69 Å². The number of carbonyl (C=O) groups is 2. The normalized spacial score (nSPS) is 17.5. The number of nitro groups is 1. The molecular weight excluding hydrogens is 476 g/mol. The number of rotatable bonds is 10. The summed E-state index contributed by atoms with van der Waals surface area (Å²) in [7, 11) is 3.16. The molecule has 1 heterocycles. The lowest BCUT2D eigenvalue weighted by Gasteiger charge is -2.28. The van der Waals surface area contributed by atoms with E-state index in [0.29, 0.717) is 36.6 Å². The van der Waals surface area contributed by atoms with Crippen molar-refractivity contribution in [2.24, 2.45) is 11.0 Å². The van der Waals surface area contributed by atoms with E-state index in [4.69, 9.17) is 9.47 Å². The molecule has 2 aromatic carbocycles. The molecule has 0 radical (unpaired) electrons. The van der Waals surface area contributed by atoms with Crippen LogP contribution in [0.25, 0.3) is 0 Å². The Morgan fingerprint density at radius 1 is 1.08 bits per heavy atom. The third-order valence-corrected chi connectivity index (χ3v) is 6.99. The summed E-state index contributed by atoms with van der Waals surface area (Å²) in [4.78, 5) is 39.0. The average Bonchev–Trinajstić information content (AvgIpc) is 3.62. The van der Waals surface area contributed by atoms with Gasteiger partial charge in [0.25, 0.3) is 11.6 Å². The molecule has 2 aliphatic rings. The van der Waals surface area contributed by atoms with Crippen LogP contribution in [-0.4, -0.2) is 66.3 Å². The Hall–Kier alpha value is -3.79. The molecular formula is C27H32N4O6. The molecule has 1 atom stereocenters. The van der Waals surface area contributed by atoms with Crippen LogP contribution in [0.2, 0.25) is 0 Å². The Bertz CT molecular complexity index is 1140. The molecule has 2 amide bonds. The molecule has 1 aliphatic carbocycles. The number of non-ortho nitro benzene ring substituents is 1. The number of nitro benzene ring substituents is 1. The smallest absolute Gasteiger partial charge is 0.269 e. The van der Waals surface area contributed by atoms with Crippen LogP contribution in [0.1, 0.15) is 49.3 Å². The maximum absolute atomic E-state index is 13.6. The Morgan fingerprint density at radius 2 is 1.76 bits per heavy atom. The highest BCUT2D eigenvalue weighted by Gasteiger charge is 2.36. The minimum atomic E-state index is -0.452. The number of hydrogen-bond acceptors (Lipinski definition) is 7. The van der Waals surface area contributed by atoms with Crippen molar-refractivity contribution in [2.75, 3.05) is 33.9 Å². The van der Waals surface area contributed by atoms with E-state index >= 15 is 0 Å². The third-order valence-electron chi connectivity index (χ3n) is 6.99. The van der Waals surface area contributed by atoms with Crippen molar-refractivity contribution in [1.82, 2.24) is 9.91 Å². The van der Waals surface area contributed by atoms with Gasteiger partial charge in [-0.1, -0.05) is 25.0 Å². The average molecular weight is 509 g/mol. The van der Waals surface area contributed by atoms with Gasteiger partial charge in [-0.25, -0.2) is 5.01 Å². The summed E-state index contributed by atoms with van der Waals surface area (Å²) in [6.45, 7) is 0.574. The van der Waals surface area contributed by atoms with Gasteiger partial charge < -0.3 is 14.4 Å². The number of hydrogen-bond donors (Lipinski definition) is 0. The second-order valence-corrected chi connectivity index (χ2v) is 9.32. The van der Waals surface area contributed by atoms with E-state index in [1.807, 2.05) is 24.3 Å². The molecule has 1 aliphatic heterocycles. The molecule has 10 heteroatoms. The van der Waals surface area contributed by atoms with Gasteiger partial charge in [0, 0.05) is 38.1 Å². The summed E-state index contributed by atoms with van der Waals surface area (Å²) < 4.78 is 10.5. The van der Waals surface area contributed by atoms with Crippen molar-refractivity contribution < 1.29 is 24.0 Å². The second-order valence-electron chi connectivity index (χ2n) is 9.32. The Morgan fingerprint density at radius 3 is 2.35 bits per heavy atom. The Kier molecular flexibility index (Phi) is 8.50. The maximum atomic E-state index is 13.6. The minimum Gasteiger partial charge on any atom is -0.497 e. The van der Waals surface area contributed by atoms with Crippen molar-refractivity contribution in [3.05, 3.63) is 69.8 Å². The van der Waals surface area contributed by atoms with Gasteiger partial charge >= 0.3 is 0 Å². The fourth-order valence-electron chi connectivity index (χ4n) is 4.91. The summed E-state index contributed by atoms with van der Waals surface area (Å²) in [5.41, 5.74) is 2.22. The van der Waals surface area contributed by atoms with E-state index in [9.17, 15) is 19.7 Å². The third kappa shape index (κ3) is 6.14. The van der Waals surface area contributed by atoms with Crippen LogP contribution < -0.4 is 4.74 Å². The van der Waals surface area contributed by atoms with Gasteiger partial charge in [-0.3, -0.25) is 19.7 Å². The maximum Gasteiger partial charge on any atom is 0.269 e. The van der Waals surface area contributed by atoms with Crippen molar-refractivity contribution in [1.29, 1.82) is 0 Å². The highest BCUT2D eigenvalue weighted by atomic mass is 16.6. The van der Waals surface area contributed by atoms with Gasteiger partial charge in [0.15, 0.2) is 0 Å². The SMILES string of the molecule is COCCN(CC(=O)N1N=C(c2ccc([N+](=O)[O-])cc2)C[C@H]1c1ccc(OC)cc1)C(=O)C1CCCC1. The van der Waals surface area contributed by atoms with Crippen molar-refractivity contribution in [3.63, 3.8) is 0 Å². The van der Waals surface area contributed by atoms with E-state index in [0.717, 1.165) is 31.2 Å². The second kappa shape index (κ2) is 12.0. The van der Waals surface area contributed by atoms with Crippen LogP contribution in [0.15, 0.2) is 53.6 Å². The molecule has 1 fully saturated rings. The molecule has 0 unspecified atom stereocenters. The number of methoxy groups -OCH3 is 2. The first kappa shape index (κ1) is 26.3. The first-order valence-electron chi connectivity index (χ1n) is 12.5. The topological polar surface area (TPSA) is 115 Å². The van der Waals surface area contributed by atoms with Gasteiger partial charge in [0.2, 0.25) is 5.91 Å². The molecule has 0 saturated heterocycles. The minimum absolute atomic E-state index is 0.0114. The summed E-state index contributed by atoms with van der Waals surface area (Å²) in [6.07, 6.45) is 4.17. The van der Waals surface area contributed by atoms with E-state index in [-0.39, 0.29) is 36.0 Å². The van der Waals surface area contributed by atoms with Crippen molar-refractivity contribution in [2.45, 2.75) is 38.1 Å². The van der Waals surface area contributed by atoms with Crippen LogP contribution >= 0.6 is 0 Å². The standard InChI is InChI=1S/C27H32N4O6/c1-36-16-15-29(27(33)21-5-3-4-6-21)18-26(32)30-25(20-9-13-23(37-2)14-10-20)17-24(28-30)19-7-11-22(12-8-19)31(34)35/h7-14,21,25H,3-6,15-18H2,1-2H3/t25-/m0/s1. The number of ether oxygens (including phenoxy) is 2. The summed E-state index contributed by atoms with van der Waals surface area (Å²) in [6, 6.07) is 13.2. The number of benzene rings is 2. The van der Waals surface area contributed by atoms with Gasteiger partial charge in [0.1, 0.15) is 12.3 Å². The summed E-state index contributed by atoms with van der Waals surface area (Å²) >= 11 is 0. The molecule has 0 bridgehead atoms. The lowest BCUT2D eigenvalue weighted by molar-refractivity contribution is -0.384. The molecule has 1 saturated carbocycles. The fourth-order valence-corrected chi connectivity index (χ4v) is 4.91. The quantitative estimate of drug-likeness (QED) is 0.355. The Labute approximate surface area is 216 Å². The fraction of sp³-hybridized carbons (Fsp3) is 0.444. The predicted octanol–water partition coefficient (Wildman–Crippen LogP) is 3.95. The highest BCUT2D eigenvalue weighted by Crippen LogP contribution is 2.34. The molecule has 196 valence electrons. The first-order valence-corrected chi connectivity index (χ1v) is 12.5. The number of carbonyl (C=O) groups excluding carboxylic acids is 2. The summed E-state index contributed by atoms with van der Waals surface area (Å²) in [5.74, 6) is 0.340. The van der Waals surface area contributed by atoms with E-state index in [1.54, 1.807) is 31.3 Å². The monoisotopic (exact) mass is 508 g/mol. The molecule has 4 rings (SSSR count). The van der Waals surface area contributed by atoms with Crippen molar-refractivity contribution in [3.8, 4) is 5.75 Å². The van der Waals surface area contributed by atoms with Crippen LogP contribution in [0, 0.1) is 16.0 Å². The highest BCUT2D eigenvalue weighted by molar-refractivity contribution is 6.03. The molecule has 2 aromatic rings. The number of hydrazone groups is 1. The van der Waals surface area contributed by atoms with Gasteiger partial charge in [-0.05, 0) is 48.2 Å². The number of amides is 2. The largest absolute Gasteiger partial charge is 0.497 e. The van der Waals surface area contributed by atoms with E-state index in [1.165, 1.54) is 17.1 Å². The lowest BCUT2D eigenvalue weighted by atomic mass is 9.98.